The maximum Gasteiger partial charge on any atom is 0.434 e. The van der Waals surface area contributed by atoms with Crippen molar-refractivity contribution in [2.75, 3.05) is 0 Å². The lowest BCUT2D eigenvalue weighted by atomic mass is 9.87. The second-order valence-corrected chi connectivity index (χ2v) is 8.15. The Morgan fingerprint density at radius 3 is 2.36 bits per heavy atom. The summed E-state index contributed by atoms with van der Waals surface area (Å²) in [5.74, 6) is 0. The van der Waals surface area contributed by atoms with Gasteiger partial charge >= 0.3 is 6.18 Å². The molecule has 2 heterocycles. The summed E-state index contributed by atoms with van der Waals surface area (Å²) in [4.78, 5) is 6.29. The van der Waals surface area contributed by atoms with Gasteiger partial charge in [0.2, 0.25) is 0 Å². The molecule has 0 saturated carbocycles. The maximum atomic E-state index is 13.7. The quantitative estimate of drug-likeness (QED) is 0.585. The van der Waals surface area contributed by atoms with Gasteiger partial charge < -0.3 is 9.54 Å². The Balaban J connectivity index is 2.60. The fourth-order valence-corrected chi connectivity index (χ4v) is 4.00. The van der Waals surface area contributed by atoms with Crippen molar-refractivity contribution in [3.63, 3.8) is 0 Å². The maximum absolute atomic E-state index is 13.7. The first-order chi connectivity index (χ1) is 13.0. The number of aromatic amines is 1. The van der Waals surface area contributed by atoms with E-state index in [0.717, 1.165) is 0 Å². The van der Waals surface area contributed by atoms with Crippen LogP contribution in [0.25, 0.3) is 22.0 Å². The van der Waals surface area contributed by atoms with E-state index in [1.54, 1.807) is 51.1 Å². The number of aromatic nitrogens is 2. The molecule has 28 heavy (non-hydrogen) atoms. The molecule has 0 aliphatic carbocycles. The number of nitrogens with one attached hydrogen (secondary N) is 1. The smallest absolute Gasteiger partial charge is 0.361 e. The van der Waals surface area contributed by atoms with E-state index in [-0.39, 0.29) is 21.7 Å². The van der Waals surface area contributed by atoms with Crippen LogP contribution in [-0.2, 0) is 22.7 Å². The van der Waals surface area contributed by atoms with Gasteiger partial charge in [-0.25, -0.2) is 9.19 Å². The highest BCUT2D eigenvalue weighted by atomic mass is 32.2. The summed E-state index contributed by atoms with van der Waals surface area (Å²) in [5.41, 5.74) is -2.66. The molecule has 1 aromatic carbocycles. The van der Waals surface area contributed by atoms with Crippen molar-refractivity contribution in [1.82, 2.24) is 9.97 Å². The summed E-state index contributed by atoms with van der Waals surface area (Å²) < 4.78 is 63.3. The first kappa shape index (κ1) is 20.0. The number of hydrogen-bond acceptors (Lipinski definition) is 3. The monoisotopic (exact) mass is 407 g/mol. The largest absolute Gasteiger partial charge is 0.434 e. The van der Waals surface area contributed by atoms with Crippen LogP contribution in [0, 0.1) is 11.3 Å². The highest BCUT2D eigenvalue weighted by Crippen LogP contribution is 2.43. The minimum absolute atomic E-state index is 0.181. The van der Waals surface area contributed by atoms with E-state index in [4.69, 9.17) is 0 Å². The minimum atomic E-state index is -4.90. The molecule has 0 saturated heterocycles. The van der Waals surface area contributed by atoms with Crippen LogP contribution in [0.1, 0.15) is 37.7 Å². The Kier molecular flexibility index (Phi) is 4.81. The van der Waals surface area contributed by atoms with Gasteiger partial charge in [0.05, 0.1) is 16.2 Å². The topological polar surface area (TPSA) is 89.8 Å². The molecule has 0 aliphatic rings. The summed E-state index contributed by atoms with van der Waals surface area (Å²) in [5, 5.41) is 10.1. The first-order valence-electron chi connectivity index (χ1n) is 8.20. The van der Waals surface area contributed by atoms with Crippen molar-refractivity contribution in [2.45, 2.75) is 37.3 Å². The van der Waals surface area contributed by atoms with Crippen LogP contribution in [0.3, 0.4) is 0 Å². The zero-order chi connectivity index (χ0) is 20.9. The van der Waals surface area contributed by atoms with Gasteiger partial charge in [-0.05, 0) is 6.07 Å². The molecule has 0 radical (unpaired) electrons. The highest BCUT2D eigenvalue weighted by molar-refractivity contribution is 7.79. The number of nitriles is 1. The summed E-state index contributed by atoms with van der Waals surface area (Å²) in [6, 6.07) is 8.37. The molecule has 3 rings (SSSR count). The van der Waals surface area contributed by atoms with E-state index in [0.29, 0.717) is 10.9 Å². The van der Waals surface area contributed by atoms with Gasteiger partial charge in [-0.1, -0.05) is 39.0 Å². The summed E-state index contributed by atoms with van der Waals surface area (Å²) in [6.45, 7) is 4.78. The molecule has 3 aromatic rings. The minimum Gasteiger partial charge on any atom is -0.361 e. The Morgan fingerprint density at radius 2 is 1.82 bits per heavy atom. The predicted octanol–water partition coefficient (Wildman–Crippen LogP) is 5.00. The van der Waals surface area contributed by atoms with Crippen LogP contribution in [0.4, 0.5) is 13.2 Å². The third-order valence-corrected chi connectivity index (χ3v) is 5.02. The molecule has 0 bridgehead atoms. The fourth-order valence-electron chi connectivity index (χ4n) is 3.10. The summed E-state index contributed by atoms with van der Waals surface area (Å²) >= 11 is -2.67. The number of H-pyrrole nitrogens is 1. The van der Waals surface area contributed by atoms with E-state index in [9.17, 15) is 27.2 Å². The van der Waals surface area contributed by atoms with Crippen molar-refractivity contribution in [1.29, 1.82) is 5.26 Å². The highest BCUT2D eigenvalue weighted by Gasteiger charge is 2.41. The van der Waals surface area contributed by atoms with Crippen LogP contribution in [-0.4, -0.2) is 18.7 Å². The van der Waals surface area contributed by atoms with E-state index in [1.807, 2.05) is 0 Å². The second kappa shape index (κ2) is 6.72. The fraction of sp³-hybridized carbons (Fsp3) is 0.263. The molecule has 1 unspecified atom stereocenters. The van der Waals surface area contributed by atoms with Crippen LogP contribution < -0.4 is 0 Å². The van der Waals surface area contributed by atoms with Crippen LogP contribution in [0.2, 0.25) is 0 Å². The van der Waals surface area contributed by atoms with Gasteiger partial charge in [-0.15, -0.1) is 0 Å². The van der Waals surface area contributed by atoms with Crippen molar-refractivity contribution in [3.05, 3.63) is 47.4 Å². The molecule has 2 N–H and O–H groups in total. The molecule has 1 atom stereocenters. The third kappa shape index (κ3) is 3.30. The molecule has 5 nitrogen and oxygen atoms in total. The average Bonchev–Trinajstić information content (AvgIpc) is 3.01. The SMILES string of the molecule is CC(C)(C)c1nc(C(F)(F)F)c(C#N)c(-c2c[nH]c3ccccc23)c1S(=O)O. The Bertz CT molecular complexity index is 1140. The van der Waals surface area contributed by atoms with Gasteiger partial charge in [-0.2, -0.15) is 18.4 Å². The van der Waals surface area contributed by atoms with E-state index >= 15 is 0 Å². The number of halogens is 3. The molecular formula is C19H16F3N3O2S. The van der Waals surface area contributed by atoms with E-state index in [1.165, 1.54) is 6.20 Å². The number of rotatable bonds is 2. The lowest BCUT2D eigenvalue weighted by Crippen LogP contribution is -2.23. The van der Waals surface area contributed by atoms with Crippen molar-refractivity contribution in [3.8, 4) is 17.2 Å². The van der Waals surface area contributed by atoms with Crippen LogP contribution in [0.5, 0.6) is 0 Å². The third-order valence-electron chi connectivity index (χ3n) is 4.28. The summed E-state index contributed by atoms with van der Waals surface area (Å²) in [7, 11) is 0. The Morgan fingerprint density at radius 1 is 1.18 bits per heavy atom. The lowest BCUT2D eigenvalue weighted by Gasteiger charge is -2.25. The van der Waals surface area contributed by atoms with Crippen molar-refractivity contribution < 1.29 is 21.9 Å². The number of nitrogens with zero attached hydrogens (tertiary/aromatic N) is 2. The number of hydrogen-bond donors (Lipinski definition) is 2. The first-order valence-corrected chi connectivity index (χ1v) is 9.30. The Labute approximate surface area is 161 Å². The van der Waals surface area contributed by atoms with Crippen molar-refractivity contribution in [2.24, 2.45) is 0 Å². The van der Waals surface area contributed by atoms with Crippen LogP contribution >= 0.6 is 0 Å². The lowest BCUT2D eigenvalue weighted by molar-refractivity contribution is -0.141. The zero-order valence-electron chi connectivity index (χ0n) is 15.2. The standard InChI is InChI=1S/C19H16F3N3O2S/c1-18(2,3)17-15(28(26)27)14(11(8-23)16(25-17)19(20,21)22)12-9-24-13-7-5-4-6-10(12)13/h4-7,9,24H,1-3H3,(H,26,27). The number of fused-ring (bicyclic) bond motifs is 1. The molecule has 0 amide bonds. The van der Waals surface area contributed by atoms with Gasteiger partial charge in [0, 0.05) is 33.6 Å². The normalized spacial score (nSPS) is 13.5. The average molecular weight is 407 g/mol. The molecule has 146 valence electrons. The Hall–Kier alpha value is -2.70. The number of benzene rings is 1. The number of alkyl halides is 3. The molecule has 0 spiro atoms. The van der Waals surface area contributed by atoms with E-state index < -0.39 is 33.9 Å². The van der Waals surface area contributed by atoms with Gasteiger partial charge in [0.15, 0.2) is 16.8 Å². The molecule has 0 aliphatic heterocycles. The van der Waals surface area contributed by atoms with E-state index in [2.05, 4.69) is 9.97 Å². The second-order valence-electron chi connectivity index (χ2n) is 7.24. The number of para-hydroxylation sites is 1. The molecular weight excluding hydrogens is 391 g/mol. The summed E-state index contributed by atoms with van der Waals surface area (Å²) in [6.07, 6.45) is -3.47. The van der Waals surface area contributed by atoms with Gasteiger partial charge in [0.1, 0.15) is 6.07 Å². The molecule has 9 heteroatoms. The molecule has 2 aromatic heterocycles. The van der Waals surface area contributed by atoms with Crippen LogP contribution in [0.15, 0.2) is 35.4 Å². The molecule has 0 fully saturated rings. The number of pyridine rings is 1. The zero-order valence-corrected chi connectivity index (χ0v) is 16.0. The predicted molar refractivity (Wildman–Crippen MR) is 99.0 cm³/mol. The van der Waals surface area contributed by atoms with Crippen molar-refractivity contribution >= 4 is 22.0 Å². The van der Waals surface area contributed by atoms with Gasteiger partial charge in [-0.3, -0.25) is 0 Å². The van der Waals surface area contributed by atoms with Gasteiger partial charge in [0.25, 0.3) is 0 Å².